The summed E-state index contributed by atoms with van der Waals surface area (Å²) in [5.74, 6) is -0.995. The Labute approximate surface area is 211 Å². The third-order valence-corrected chi connectivity index (χ3v) is 7.09. The van der Waals surface area contributed by atoms with E-state index >= 15 is 0 Å². The van der Waals surface area contributed by atoms with Gasteiger partial charge < -0.3 is 10.2 Å². The Morgan fingerprint density at radius 1 is 1.06 bits per heavy atom. The fraction of sp³-hybridized carbons (Fsp3) is 0.393. The second-order valence-electron chi connectivity index (χ2n) is 10.7. The van der Waals surface area contributed by atoms with Crippen LogP contribution in [0.15, 0.2) is 53.2 Å². The van der Waals surface area contributed by atoms with Gasteiger partial charge in [0, 0.05) is 11.1 Å². The average Bonchev–Trinajstić information content (AvgIpc) is 3.06. The Kier molecular flexibility index (Phi) is 7.50. The number of carbonyl (C=O) groups excluding carboxylic acids is 1. The first-order valence-corrected chi connectivity index (χ1v) is 12.6. The first-order valence-electron chi connectivity index (χ1n) is 11.7. The maximum atomic E-state index is 13.5. The molecule has 1 amide bonds. The lowest BCUT2D eigenvalue weighted by Crippen LogP contribution is -2.32. The molecular formula is C28H34N2O4S. The molecule has 35 heavy (non-hydrogen) atoms. The zero-order chi connectivity index (χ0) is 26.1. The van der Waals surface area contributed by atoms with E-state index in [-0.39, 0.29) is 28.2 Å². The van der Waals surface area contributed by atoms with E-state index in [4.69, 9.17) is 0 Å². The number of nitrogens with zero attached hydrogens (tertiary/aromatic N) is 2. The van der Waals surface area contributed by atoms with E-state index < -0.39 is 11.2 Å². The van der Waals surface area contributed by atoms with Crippen LogP contribution in [0, 0.1) is 0 Å². The minimum Gasteiger partial charge on any atom is -0.507 e. The molecule has 2 aromatic carbocycles. The van der Waals surface area contributed by atoms with Crippen molar-refractivity contribution < 1.29 is 19.8 Å². The molecule has 1 atom stereocenters. The summed E-state index contributed by atoms with van der Waals surface area (Å²) in [4.78, 5) is 31.3. The van der Waals surface area contributed by atoms with Crippen LogP contribution in [0.5, 0.6) is 5.75 Å². The van der Waals surface area contributed by atoms with Crippen LogP contribution in [-0.2, 0) is 20.4 Å². The minimum absolute atomic E-state index is 0.224. The molecule has 186 valence electrons. The van der Waals surface area contributed by atoms with Crippen LogP contribution in [0.4, 0.5) is 5.69 Å². The maximum Gasteiger partial charge on any atom is 0.317 e. The van der Waals surface area contributed by atoms with Crippen LogP contribution in [0.1, 0.15) is 71.6 Å². The summed E-state index contributed by atoms with van der Waals surface area (Å²) in [6.07, 6.45) is 2.12. The summed E-state index contributed by atoms with van der Waals surface area (Å²) in [7, 11) is 0. The van der Waals surface area contributed by atoms with Gasteiger partial charge in [-0.2, -0.15) is 0 Å². The average molecular weight is 495 g/mol. The van der Waals surface area contributed by atoms with Crippen LogP contribution in [0.25, 0.3) is 6.08 Å². The number of hydrogen-bond acceptors (Lipinski definition) is 5. The van der Waals surface area contributed by atoms with E-state index in [1.807, 2.05) is 71.9 Å². The number of amides is 1. The molecule has 3 rings (SSSR count). The highest BCUT2D eigenvalue weighted by Crippen LogP contribution is 2.41. The molecule has 0 bridgehead atoms. The van der Waals surface area contributed by atoms with E-state index in [1.54, 1.807) is 25.1 Å². The van der Waals surface area contributed by atoms with Gasteiger partial charge in [0.25, 0.3) is 5.91 Å². The van der Waals surface area contributed by atoms with Gasteiger partial charge in [0.2, 0.25) is 0 Å². The van der Waals surface area contributed by atoms with Crippen LogP contribution in [0.3, 0.4) is 0 Å². The third-order valence-electron chi connectivity index (χ3n) is 5.79. The third kappa shape index (κ3) is 5.78. The van der Waals surface area contributed by atoms with E-state index in [0.717, 1.165) is 28.5 Å². The van der Waals surface area contributed by atoms with Gasteiger partial charge in [-0.1, -0.05) is 78.4 Å². The van der Waals surface area contributed by atoms with Crippen molar-refractivity contribution in [1.82, 2.24) is 0 Å². The summed E-state index contributed by atoms with van der Waals surface area (Å²) in [6, 6.07) is 12.9. The monoisotopic (exact) mass is 494 g/mol. The summed E-state index contributed by atoms with van der Waals surface area (Å²) < 4.78 is 0. The highest BCUT2D eigenvalue weighted by Gasteiger charge is 2.35. The van der Waals surface area contributed by atoms with Crippen LogP contribution >= 0.6 is 11.8 Å². The van der Waals surface area contributed by atoms with Crippen molar-refractivity contribution in [3.05, 3.63) is 64.9 Å². The molecule has 2 aromatic rings. The molecule has 1 aliphatic rings. The van der Waals surface area contributed by atoms with Gasteiger partial charge in [0.05, 0.1) is 5.69 Å². The number of para-hydroxylation sites is 1. The Hall–Kier alpha value is -3.06. The van der Waals surface area contributed by atoms with E-state index in [9.17, 15) is 19.8 Å². The predicted octanol–water partition coefficient (Wildman–Crippen LogP) is 6.33. The Balaban J connectivity index is 2.16. The molecule has 0 saturated carbocycles. The molecule has 2 N–H and O–H groups in total. The highest BCUT2D eigenvalue weighted by atomic mass is 32.2. The van der Waals surface area contributed by atoms with Crippen LogP contribution in [0.2, 0.25) is 0 Å². The van der Waals surface area contributed by atoms with E-state index in [1.165, 1.54) is 4.90 Å². The number of phenols is 1. The summed E-state index contributed by atoms with van der Waals surface area (Å²) in [5, 5.41) is 20.2. The number of carboxylic acid groups (broad SMARTS) is 1. The molecule has 6 nitrogen and oxygen atoms in total. The van der Waals surface area contributed by atoms with Crippen LogP contribution in [-0.4, -0.2) is 32.5 Å². The Morgan fingerprint density at radius 3 is 2.06 bits per heavy atom. The van der Waals surface area contributed by atoms with Crippen molar-refractivity contribution in [2.24, 2.45) is 4.99 Å². The summed E-state index contributed by atoms with van der Waals surface area (Å²) in [6.45, 7) is 14.0. The van der Waals surface area contributed by atoms with Gasteiger partial charge in [-0.05, 0) is 53.2 Å². The molecule has 0 aliphatic carbocycles. The number of carboxylic acids is 1. The second kappa shape index (κ2) is 9.90. The number of thioether (sulfide) groups is 1. The van der Waals surface area contributed by atoms with Gasteiger partial charge in [-0.3, -0.25) is 14.5 Å². The zero-order valence-electron chi connectivity index (χ0n) is 21.4. The highest BCUT2D eigenvalue weighted by molar-refractivity contribution is 8.15. The number of aromatic hydroxyl groups is 1. The molecule has 0 aromatic heterocycles. The van der Waals surface area contributed by atoms with Crippen molar-refractivity contribution >= 4 is 40.6 Å². The van der Waals surface area contributed by atoms with Crippen molar-refractivity contribution in [3.63, 3.8) is 0 Å². The Bertz CT molecular complexity index is 1150. The maximum absolute atomic E-state index is 13.5. The molecule has 1 aliphatic heterocycles. The topological polar surface area (TPSA) is 90.2 Å². The summed E-state index contributed by atoms with van der Waals surface area (Å²) in [5.41, 5.74) is 2.57. The number of rotatable bonds is 5. The molecule has 0 fully saturated rings. The van der Waals surface area contributed by atoms with Crippen molar-refractivity contribution in [2.75, 3.05) is 4.90 Å². The fourth-order valence-corrected chi connectivity index (χ4v) is 4.82. The molecule has 0 spiro atoms. The fourth-order valence-electron chi connectivity index (χ4n) is 3.86. The molecule has 0 radical (unpaired) electrons. The molecule has 0 saturated heterocycles. The van der Waals surface area contributed by atoms with Gasteiger partial charge in [-0.25, -0.2) is 4.99 Å². The lowest BCUT2D eigenvalue weighted by atomic mass is 9.78. The lowest BCUT2D eigenvalue weighted by Gasteiger charge is -2.28. The molecule has 1 heterocycles. The first-order chi connectivity index (χ1) is 16.2. The lowest BCUT2D eigenvalue weighted by molar-refractivity contribution is -0.136. The van der Waals surface area contributed by atoms with Gasteiger partial charge in [-0.15, -0.1) is 0 Å². The summed E-state index contributed by atoms with van der Waals surface area (Å²) >= 11 is 1.07. The largest absolute Gasteiger partial charge is 0.507 e. The van der Waals surface area contributed by atoms with Gasteiger partial charge in [0.1, 0.15) is 16.7 Å². The number of carbonyl (C=O) groups is 2. The van der Waals surface area contributed by atoms with Crippen molar-refractivity contribution in [2.45, 2.75) is 71.0 Å². The second-order valence-corrected chi connectivity index (χ2v) is 11.9. The molecule has 1 unspecified atom stereocenters. The molecular weight excluding hydrogens is 460 g/mol. The van der Waals surface area contributed by atoms with Crippen molar-refractivity contribution in [1.29, 1.82) is 0 Å². The van der Waals surface area contributed by atoms with Crippen molar-refractivity contribution in [3.8, 4) is 5.75 Å². The SMILES string of the molecule is CCC(SC1=N/C(=C/c2cc(C(C)(C)C)c(O)c(C(C)(C)C)c2)C(=O)N1c1ccccc1)C(=O)O. The quantitative estimate of drug-likeness (QED) is 0.474. The van der Waals surface area contributed by atoms with E-state index in [2.05, 4.69) is 4.99 Å². The number of benzene rings is 2. The normalized spacial score (nSPS) is 16.5. The predicted molar refractivity (Wildman–Crippen MR) is 144 cm³/mol. The van der Waals surface area contributed by atoms with Crippen LogP contribution < -0.4 is 4.90 Å². The molecule has 7 heteroatoms. The number of anilines is 1. The zero-order valence-corrected chi connectivity index (χ0v) is 22.2. The van der Waals surface area contributed by atoms with E-state index in [0.29, 0.717) is 17.3 Å². The van der Waals surface area contributed by atoms with Gasteiger partial charge >= 0.3 is 5.97 Å². The van der Waals surface area contributed by atoms with Gasteiger partial charge in [0.15, 0.2) is 5.17 Å². The first kappa shape index (κ1) is 26.5. The Morgan fingerprint density at radius 2 is 1.60 bits per heavy atom. The minimum atomic E-state index is -0.943. The smallest absolute Gasteiger partial charge is 0.317 e. The number of phenolic OH excluding ortho intramolecular Hbond substituents is 1. The number of aliphatic imine (C=N–C) groups is 1. The number of hydrogen-bond donors (Lipinski definition) is 2. The number of aliphatic carboxylic acids is 1. The standard InChI is InChI=1S/C28H34N2O4S/c1-8-22(25(33)34)35-26-29-21(24(32)30(26)18-12-10-9-11-13-18)16-17-14-19(27(2,3)4)23(31)20(15-17)28(5,6)7/h9-16,22,31H,8H2,1-7H3,(H,33,34)/b21-16+. The number of amidine groups is 1.